The summed E-state index contributed by atoms with van der Waals surface area (Å²) in [5.74, 6) is 0. The first kappa shape index (κ1) is 13.9. The summed E-state index contributed by atoms with van der Waals surface area (Å²) >= 11 is 0. The zero-order valence-corrected chi connectivity index (χ0v) is 10.7. The summed E-state index contributed by atoms with van der Waals surface area (Å²) in [7, 11) is 6.21. The SMILES string of the molecule is CC(O)CN(C)C(N(C)C)C(C)(C)C. The predicted molar refractivity (Wildman–Crippen MR) is 61.2 cm³/mol. The van der Waals surface area contributed by atoms with Crippen molar-refractivity contribution < 1.29 is 5.11 Å². The molecule has 0 aliphatic carbocycles. The Morgan fingerprint density at radius 1 is 1.14 bits per heavy atom. The lowest BCUT2D eigenvalue weighted by Gasteiger charge is -2.42. The van der Waals surface area contributed by atoms with Crippen LogP contribution < -0.4 is 0 Å². The largest absolute Gasteiger partial charge is 0.392 e. The van der Waals surface area contributed by atoms with Crippen molar-refractivity contribution in [3.63, 3.8) is 0 Å². The molecule has 14 heavy (non-hydrogen) atoms. The normalized spacial score (nSPS) is 17.6. The third-order valence-corrected chi connectivity index (χ3v) is 2.23. The third-order valence-electron chi connectivity index (χ3n) is 2.23. The maximum Gasteiger partial charge on any atom is 0.0665 e. The quantitative estimate of drug-likeness (QED) is 0.695. The van der Waals surface area contributed by atoms with Crippen LogP contribution in [0.1, 0.15) is 27.7 Å². The Morgan fingerprint density at radius 2 is 1.57 bits per heavy atom. The lowest BCUT2D eigenvalue weighted by molar-refractivity contribution is -0.00708. The monoisotopic (exact) mass is 202 g/mol. The molecule has 0 fully saturated rings. The fraction of sp³-hybridized carbons (Fsp3) is 1.00. The van der Waals surface area contributed by atoms with Gasteiger partial charge in [0.05, 0.1) is 12.3 Å². The van der Waals surface area contributed by atoms with Gasteiger partial charge in [-0.15, -0.1) is 0 Å². The highest BCUT2D eigenvalue weighted by molar-refractivity contribution is 4.80. The molecule has 0 aromatic heterocycles. The summed E-state index contributed by atoms with van der Waals surface area (Å²) in [6, 6.07) is 0. The van der Waals surface area contributed by atoms with Gasteiger partial charge in [0.25, 0.3) is 0 Å². The molecule has 0 spiro atoms. The molecular formula is C11H26N2O. The third kappa shape index (κ3) is 4.40. The van der Waals surface area contributed by atoms with Gasteiger partial charge < -0.3 is 5.11 Å². The Labute approximate surface area is 88.7 Å². The molecule has 0 aromatic rings. The summed E-state index contributed by atoms with van der Waals surface area (Å²) in [4.78, 5) is 4.40. The van der Waals surface area contributed by atoms with Gasteiger partial charge in [-0.3, -0.25) is 9.80 Å². The highest BCUT2D eigenvalue weighted by atomic mass is 16.3. The average Bonchev–Trinajstić information content (AvgIpc) is 1.78. The van der Waals surface area contributed by atoms with Gasteiger partial charge in [-0.05, 0) is 33.5 Å². The lowest BCUT2D eigenvalue weighted by Crippen LogP contribution is -2.52. The Balaban J connectivity index is 4.50. The predicted octanol–water partition coefficient (Wildman–Crippen LogP) is 1.23. The van der Waals surface area contributed by atoms with Gasteiger partial charge in [0.2, 0.25) is 0 Å². The van der Waals surface area contributed by atoms with E-state index in [0.717, 1.165) is 0 Å². The number of aliphatic hydroxyl groups excluding tert-OH is 1. The van der Waals surface area contributed by atoms with E-state index in [2.05, 4.69) is 51.7 Å². The van der Waals surface area contributed by atoms with Crippen LogP contribution in [-0.2, 0) is 0 Å². The Morgan fingerprint density at radius 3 is 1.79 bits per heavy atom. The van der Waals surface area contributed by atoms with E-state index < -0.39 is 0 Å². The molecule has 0 heterocycles. The minimum Gasteiger partial charge on any atom is -0.392 e. The number of rotatable bonds is 4. The van der Waals surface area contributed by atoms with E-state index in [4.69, 9.17) is 0 Å². The van der Waals surface area contributed by atoms with E-state index in [1.807, 2.05) is 6.92 Å². The molecule has 0 radical (unpaired) electrons. The van der Waals surface area contributed by atoms with Crippen LogP contribution in [0.25, 0.3) is 0 Å². The minimum atomic E-state index is -0.273. The first-order chi connectivity index (χ1) is 6.16. The lowest BCUT2D eigenvalue weighted by atomic mass is 9.90. The maximum atomic E-state index is 9.36. The zero-order chi connectivity index (χ0) is 11.5. The van der Waals surface area contributed by atoms with Crippen LogP contribution in [0, 0.1) is 5.41 Å². The van der Waals surface area contributed by atoms with Gasteiger partial charge in [-0.25, -0.2) is 0 Å². The second-order valence-electron chi connectivity index (χ2n) is 5.49. The highest BCUT2D eigenvalue weighted by Crippen LogP contribution is 2.24. The number of aliphatic hydroxyl groups is 1. The Bertz CT molecular complexity index is 161. The molecule has 3 heteroatoms. The van der Waals surface area contributed by atoms with E-state index in [-0.39, 0.29) is 11.5 Å². The summed E-state index contributed by atoms with van der Waals surface area (Å²) in [6.45, 7) is 9.19. The molecule has 3 nitrogen and oxygen atoms in total. The van der Waals surface area contributed by atoms with E-state index in [9.17, 15) is 5.11 Å². The number of likely N-dealkylation sites (N-methyl/N-ethyl adjacent to an activating group) is 1. The molecule has 2 unspecified atom stereocenters. The van der Waals surface area contributed by atoms with Crippen LogP contribution in [0.15, 0.2) is 0 Å². The van der Waals surface area contributed by atoms with Crippen molar-refractivity contribution in [1.29, 1.82) is 0 Å². The summed E-state index contributed by atoms with van der Waals surface area (Å²) in [5.41, 5.74) is 0.188. The van der Waals surface area contributed by atoms with E-state index in [1.54, 1.807) is 0 Å². The summed E-state index contributed by atoms with van der Waals surface area (Å²) in [6.07, 6.45) is 0.0712. The second kappa shape index (κ2) is 5.10. The van der Waals surface area contributed by atoms with Crippen LogP contribution in [-0.4, -0.2) is 54.9 Å². The first-order valence-electron chi connectivity index (χ1n) is 5.21. The molecule has 0 aliphatic rings. The number of nitrogens with zero attached hydrogens (tertiary/aromatic N) is 2. The van der Waals surface area contributed by atoms with Gasteiger partial charge in [0.15, 0.2) is 0 Å². The molecule has 0 aromatic carbocycles. The van der Waals surface area contributed by atoms with Crippen LogP contribution in [0.4, 0.5) is 0 Å². The molecular weight excluding hydrogens is 176 g/mol. The summed E-state index contributed by atoms with van der Waals surface area (Å²) < 4.78 is 0. The molecule has 0 amide bonds. The van der Waals surface area contributed by atoms with Gasteiger partial charge in [-0.2, -0.15) is 0 Å². The van der Waals surface area contributed by atoms with Crippen molar-refractivity contribution in [1.82, 2.24) is 9.80 Å². The van der Waals surface area contributed by atoms with Gasteiger partial charge in [-0.1, -0.05) is 20.8 Å². The van der Waals surface area contributed by atoms with Crippen LogP contribution in [0.2, 0.25) is 0 Å². The maximum absolute atomic E-state index is 9.36. The van der Waals surface area contributed by atoms with Crippen molar-refractivity contribution in [2.75, 3.05) is 27.7 Å². The van der Waals surface area contributed by atoms with Crippen molar-refractivity contribution >= 4 is 0 Å². The fourth-order valence-electron chi connectivity index (χ4n) is 2.35. The number of hydrogen-bond donors (Lipinski definition) is 1. The average molecular weight is 202 g/mol. The smallest absolute Gasteiger partial charge is 0.0665 e. The molecule has 2 atom stereocenters. The Hall–Kier alpha value is -0.120. The zero-order valence-electron chi connectivity index (χ0n) is 10.7. The van der Waals surface area contributed by atoms with Crippen molar-refractivity contribution in [3.05, 3.63) is 0 Å². The molecule has 0 aliphatic heterocycles. The van der Waals surface area contributed by atoms with Crippen LogP contribution in [0.5, 0.6) is 0 Å². The fourth-order valence-corrected chi connectivity index (χ4v) is 2.35. The Kier molecular flexibility index (Phi) is 5.06. The minimum absolute atomic E-state index is 0.188. The molecule has 0 bridgehead atoms. The van der Waals surface area contributed by atoms with E-state index >= 15 is 0 Å². The molecule has 0 saturated heterocycles. The first-order valence-corrected chi connectivity index (χ1v) is 5.21. The second-order valence-corrected chi connectivity index (χ2v) is 5.49. The molecule has 86 valence electrons. The van der Waals surface area contributed by atoms with Gasteiger partial charge in [0, 0.05) is 6.54 Å². The van der Waals surface area contributed by atoms with Crippen molar-refractivity contribution in [2.45, 2.75) is 40.0 Å². The van der Waals surface area contributed by atoms with E-state index in [0.29, 0.717) is 12.7 Å². The van der Waals surface area contributed by atoms with Crippen LogP contribution >= 0.6 is 0 Å². The van der Waals surface area contributed by atoms with Crippen molar-refractivity contribution in [2.24, 2.45) is 5.41 Å². The number of hydrogen-bond acceptors (Lipinski definition) is 3. The molecule has 0 saturated carbocycles. The standard InChI is InChI=1S/C11H26N2O/c1-9(14)8-13(7)10(12(5)6)11(2,3)4/h9-10,14H,8H2,1-7H3. The molecule has 0 rings (SSSR count). The molecule has 1 N–H and O–H groups in total. The topological polar surface area (TPSA) is 26.7 Å². The van der Waals surface area contributed by atoms with E-state index in [1.165, 1.54) is 0 Å². The highest BCUT2D eigenvalue weighted by Gasteiger charge is 2.30. The van der Waals surface area contributed by atoms with Crippen molar-refractivity contribution in [3.8, 4) is 0 Å². The van der Waals surface area contributed by atoms with Crippen LogP contribution in [0.3, 0.4) is 0 Å². The summed E-state index contributed by atoms with van der Waals surface area (Å²) in [5, 5.41) is 9.36. The van der Waals surface area contributed by atoms with Gasteiger partial charge in [0.1, 0.15) is 0 Å². The van der Waals surface area contributed by atoms with Gasteiger partial charge >= 0.3 is 0 Å².